The molecule has 0 bridgehead atoms. The summed E-state index contributed by atoms with van der Waals surface area (Å²) in [6.07, 6.45) is 6.80. The van der Waals surface area contributed by atoms with E-state index in [0.717, 1.165) is 44.9 Å². The molecule has 6 nitrogen and oxygen atoms in total. The molecule has 3 saturated carbocycles. The van der Waals surface area contributed by atoms with Crippen molar-refractivity contribution in [1.29, 1.82) is 0 Å². The summed E-state index contributed by atoms with van der Waals surface area (Å²) in [5.74, 6) is 1.20. The summed E-state index contributed by atoms with van der Waals surface area (Å²) in [5.41, 5.74) is 0.340. The second-order valence-corrected chi connectivity index (χ2v) is 15.6. The van der Waals surface area contributed by atoms with Crippen LogP contribution in [0.4, 0.5) is 0 Å². The zero-order chi connectivity index (χ0) is 28.8. The minimum atomic E-state index is -0.739. The van der Waals surface area contributed by atoms with Gasteiger partial charge in [0, 0.05) is 25.0 Å². The van der Waals surface area contributed by atoms with Crippen molar-refractivity contribution in [2.45, 2.75) is 137 Å². The van der Waals surface area contributed by atoms with Gasteiger partial charge in [0.25, 0.3) is 0 Å². The molecule has 0 aromatic heterocycles. The summed E-state index contributed by atoms with van der Waals surface area (Å²) >= 11 is 0. The van der Waals surface area contributed by atoms with Crippen molar-refractivity contribution in [1.82, 2.24) is 0 Å². The molecule has 0 unspecified atom stereocenters. The maximum absolute atomic E-state index is 12.0. The second-order valence-electron chi connectivity index (χ2n) is 15.6. The summed E-state index contributed by atoms with van der Waals surface area (Å²) in [4.78, 5) is 0. The van der Waals surface area contributed by atoms with Crippen LogP contribution in [0.1, 0.15) is 100 Å². The summed E-state index contributed by atoms with van der Waals surface area (Å²) in [5, 5.41) is 34.2. The lowest BCUT2D eigenvalue weighted by Crippen LogP contribution is -2.65. The maximum atomic E-state index is 12.0. The topological polar surface area (TPSA) is 88.4 Å². The highest BCUT2D eigenvalue weighted by atomic mass is 16.7. The van der Waals surface area contributed by atoms with E-state index in [1.807, 2.05) is 20.8 Å². The largest absolute Gasteiger partial charge is 0.393 e. The molecule has 0 aromatic carbocycles. The van der Waals surface area contributed by atoms with E-state index in [1.54, 1.807) is 7.11 Å². The Kier molecular flexibility index (Phi) is 7.51. The van der Waals surface area contributed by atoms with Gasteiger partial charge in [0.15, 0.2) is 6.29 Å². The lowest BCUT2D eigenvalue weighted by molar-refractivity contribution is -0.214. The van der Waals surface area contributed by atoms with Crippen molar-refractivity contribution in [2.75, 3.05) is 13.7 Å². The Morgan fingerprint density at radius 1 is 1.03 bits per heavy atom. The van der Waals surface area contributed by atoms with Crippen LogP contribution in [0.25, 0.3) is 0 Å². The van der Waals surface area contributed by atoms with Gasteiger partial charge < -0.3 is 29.5 Å². The summed E-state index contributed by atoms with van der Waals surface area (Å²) in [7, 11) is 1.72. The molecule has 6 heteroatoms. The van der Waals surface area contributed by atoms with E-state index in [1.165, 1.54) is 5.57 Å². The molecule has 39 heavy (non-hydrogen) atoms. The highest BCUT2D eigenvalue weighted by Gasteiger charge is 2.69. The molecular formula is C33H56O6. The van der Waals surface area contributed by atoms with E-state index in [-0.39, 0.29) is 46.1 Å². The third-order valence-corrected chi connectivity index (χ3v) is 13.2. The average molecular weight is 549 g/mol. The predicted molar refractivity (Wildman–Crippen MR) is 152 cm³/mol. The minimum Gasteiger partial charge on any atom is -0.393 e. The van der Waals surface area contributed by atoms with Gasteiger partial charge in [-0.2, -0.15) is 0 Å². The van der Waals surface area contributed by atoms with E-state index < -0.39 is 17.8 Å². The number of aliphatic hydroxyl groups is 3. The molecule has 1 heterocycles. The molecule has 0 aromatic rings. The Labute approximate surface area is 236 Å². The first-order valence-electron chi connectivity index (χ1n) is 15.7. The number of allylic oxidation sites excluding steroid dienone is 1. The third-order valence-electron chi connectivity index (χ3n) is 13.2. The van der Waals surface area contributed by atoms with Crippen LogP contribution in [0.2, 0.25) is 0 Å². The smallest absolute Gasteiger partial charge is 0.160 e. The van der Waals surface area contributed by atoms with E-state index in [2.05, 4.69) is 40.7 Å². The van der Waals surface area contributed by atoms with Gasteiger partial charge in [-0.3, -0.25) is 0 Å². The van der Waals surface area contributed by atoms with Gasteiger partial charge in [-0.1, -0.05) is 46.3 Å². The van der Waals surface area contributed by atoms with Crippen molar-refractivity contribution < 1.29 is 29.5 Å². The SMILES string of the molecule is CCOC(C)(C)[C@@H](O)[C@H]1C[C@@H]([C@@H]2CC=C3[C@]4(C)[C@H](O)C[C@H]5C(C)(C)[C@H](O)CC[C@]5(C)[C@H]4CC[C@]32C)[C@H](OC)O1. The molecule has 1 saturated heterocycles. The molecule has 12 atom stereocenters. The Morgan fingerprint density at radius 2 is 1.72 bits per heavy atom. The molecule has 4 fully saturated rings. The second kappa shape index (κ2) is 9.77. The molecule has 5 aliphatic rings. The molecule has 5 rings (SSSR count). The zero-order valence-corrected chi connectivity index (χ0v) is 26.0. The van der Waals surface area contributed by atoms with Gasteiger partial charge in [0.1, 0.15) is 6.10 Å². The number of hydrogen-bond acceptors (Lipinski definition) is 6. The minimum absolute atomic E-state index is 0.0424. The Morgan fingerprint density at radius 3 is 2.36 bits per heavy atom. The van der Waals surface area contributed by atoms with Crippen molar-refractivity contribution in [3.63, 3.8) is 0 Å². The summed E-state index contributed by atoms with van der Waals surface area (Å²) < 4.78 is 18.2. The van der Waals surface area contributed by atoms with Gasteiger partial charge in [0.2, 0.25) is 0 Å². The number of rotatable bonds is 6. The van der Waals surface area contributed by atoms with Crippen LogP contribution in [0.15, 0.2) is 11.6 Å². The maximum Gasteiger partial charge on any atom is 0.160 e. The van der Waals surface area contributed by atoms with Crippen molar-refractivity contribution >= 4 is 0 Å². The van der Waals surface area contributed by atoms with Crippen molar-refractivity contribution in [3.05, 3.63) is 11.6 Å². The molecule has 3 N–H and O–H groups in total. The van der Waals surface area contributed by atoms with Gasteiger partial charge in [-0.05, 0) is 99.7 Å². The third kappa shape index (κ3) is 4.17. The number of hydrogen-bond donors (Lipinski definition) is 3. The van der Waals surface area contributed by atoms with Crippen LogP contribution >= 0.6 is 0 Å². The molecular weight excluding hydrogens is 492 g/mol. The molecule has 0 radical (unpaired) electrons. The van der Waals surface area contributed by atoms with Crippen LogP contribution in [-0.4, -0.2) is 65.3 Å². The van der Waals surface area contributed by atoms with Crippen LogP contribution < -0.4 is 0 Å². The average Bonchev–Trinajstić information content (AvgIpc) is 3.44. The van der Waals surface area contributed by atoms with Crippen molar-refractivity contribution in [2.24, 2.45) is 45.3 Å². The van der Waals surface area contributed by atoms with E-state index in [4.69, 9.17) is 14.2 Å². The Bertz CT molecular complexity index is 960. The number of ether oxygens (including phenoxy) is 3. The summed E-state index contributed by atoms with van der Waals surface area (Å²) in [6, 6.07) is 0. The van der Waals surface area contributed by atoms with Gasteiger partial charge >= 0.3 is 0 Å². The lowest BCUT2D eigenvalue weighted by Gasteiger charge is -2.68. The van der Waals surface area contributed by atoms with Gasteiger partial charge in [-0.15, -0.1) is 0 Å². The van der Waals surface area contributed by atoms with Crippen LogP contribution in [0.3, 0.4) is 0 Å². The first-order valence-corrected chi connectivity index (χ1v) is 15.7. The fraction of sp³-hybridized carbons (Fsp3) is 0.939. The predicted octanol–water partition coefficient (Wildman–Crippen LogP) is 5.48. The van der Waals surface area contributed by atoms with Crippen LogP contribution in [-0.2, 0) is 14.2 Å². The van der Waals surface area contributed by atoms with Gasteiger partial charge in [-0.25, -0.2) is 0 Å². The Hall–Kier alpha value is -0.500. The van der Waals surface area contributed by atoms with Crippen LogP contribution in [0.5, 0.6) is 0 Å². The first-order chi connectivity index (χ1) is 18.1. The number of aliphatic hydroxyl groups excluding tert-OH is 3. The summed E-state index contributed by atoms with van der Waals surface area (Å²) in [6.45, 7) is 18.0. The fourth-order valence-corrected chi connectivity index (χ4v) is 11.0. The molecule has 0 spiro atoms. The zero-order valence-electron chi connectivity index (χ0n) is 26.0. The molecule has 0 amide bonds. The Balaban J connectivity index is 1.43. The fourth-order valence-electron chi connectivity index (χ4n) is 11.0. The van der Waals surface area contributed by atoms with E-state index in [0.29, 0.717) is 24.4 Å². The normalized spacial score (nSPS) is 50.1. The highest BCUT2D eigenvalue weighted by Crippen LogP contribution is 2.73. The lowest BCUT2D eigenvalue weighted by atomic mass is 9.37. The van der Waals surface area contributed by atoms with Gasteiger partial charge in [0.05, 0.1) is 23.9 Å². The molecule has 4 aliphatic carbocycles. The quantitative estimate of drug-likeness (QED) is 0.381. The number of fused-ring (bicyclic) bond motifs is 5. The number of methoxy groups -OCH3 is 1. The van der Waals surface area contributed by atoms with E-state index in [9.17, 15) is 15.3 Å². The monoisotopic (exact) mass is 548 g/mol. The van der Waals surface area contributed by atoms with Crippen molar-refractivity contribution in [3.8, 4) is 0 Å². The van der Waals surface area contributed by atoms with E-state index >= 15 is 0 Å². The standard InChI is InChI=1S/C33H56O6/c1-10-38-30(4,5)27(36)21-17-19(28(37-9)39-21)20-11-12-22-31(20,6)15-13-23-32(7)16-14-25(34)29(2,3)24(32)18-26(35)33(22,23)8/h12,19-21,23-28,34-36H,10-11,13-18H2,1-9H3/t19-,20-,21+,23+,24-,25+,26+,27-,28+,31-,32+,33-/m0/s1. The highest BCUT2D eigenvalue weighted by molar-refractivity contribution is 5.36. The van der Waals surface area contributed by atoms with Crippen LogP contribution in [0, 0.1) is 45.3 Å². The molecule has 1 aliphatic heterocycles. The molecule has 224 valence electrons. The first kappa shape index (κ1) is 30.0.